The zero-order valence-electron chi connectivity index (χ0n) is 9.22. The molecule has 0 aromatic carbocycles. The van der Waals surface area contributed by atoms with Gasteiger partial charge < -0.3 is 9.88 Å². The summed E-state index contributed by atoms with van der Waals surface area (Å²) in [6, 6.07) is 4.55. The van der Waals surface area contributed by atoms with E-state index in [1.165, 1.54) is 12.8 Å². The van der Waals surface area contributed by atoms with Crippen molar-refractivity contribution in [3.63, 3.8) is 0 Å². The number of aromatic nitrogens is 3. The monoisotopic (exact) mass is 214 g/mol. The Hall–Kier alpha value is -1.84. The van der Waals surface area contributed by atoms with E-state index in [2.05, 4.69) is 26.0 Å². The fraction of sp³-hybridized carbons (Fsp3) is 0.333. The second-order valence-corrected chi connectivity index (χ2v) is 4.21. The van der Waals surface area contributed by atoms with E-state index in [1.807, 2.05) is 19.1 Å². The second-order valence-electron chi connectivity index (χ2n) is 4.21. The highest BCUT2D eigenvalue weighted by Crippen LogP contribution is 2.37. The Morgan fingerprint density at radius 3 is 3.00 bits per heavy atom. The summed E-state index contributed by atoms with van der Waals surface area (Å²) in [6.45, 7) is 2.02. The molecule has 2 aromatic rings. The Bertz CT molecular complexity index is 485. The summed E-state index contributed by atoms with van der Waals surface area (Å²) < 4.78 is 2.22. The Labute approximate surface area is 94.4 Å². The van der Waals surface area contributed by atoms with E-state index in [-0.39, 0.29) is 0 Å². The molecular formula is C12H14N4. The van der Waals surface area contributed by atoms with Crippen molar-refractivity contribution in [2.24, 2.45) is 0 Å². The first-order chi connectivity index (χ1) is 7.83. The van der Waals surface area contributed by atoms with Crippen molar-refractivity contribution in [3.8, 4) is 0 Å². The van der Waals surface area contributed by atoms with Gasteiger partial charge in [0.05, 0.1) is 17.6 Å². The van der Waals surface area contributed by atoms with Crippen LogP contribution in [0.4, 0.5) is 11.6 Å². The van der Waals surface area contributed by atoms with E-state index in [4.69, 9.17) is 0 Å². The van der Waals surface area contributed by atoms with Crippen LogP contribution in [0.25, 0.3) is 0 Å². The smallest absolute Gasteiger partial charge is 0.207 e. The maximum atomic E-state index is 4.49. The van der Waals surface area contributed by atoms with E-state index >= 15 is 0 Å². The van der Waals surface area contributed by atoms with Gasteiger partial charge in [0, 0.05) is 18.4 Å². The molecule has 2 heterocycles. The van der Waals surface area contributed by atoms with Crippen LogP contribution in [-0.4, -0.2) is 14.5 Å². The van der Waals surface area contributed by atoms with Crippen molar-refractivity contribution in [2.75, 3.05) is 5.32 Å². The Kier molecular flexibility index (Phi) is 2.13. The molecule has 0 bridgehead atoms. The van der Waals surface area contributed by atoms with Crippen LogP contribution in [0.15, 0.2) is 30.7 Å². The summed E-state index contributed by atoms with van der Waals surface area (Å²) in [5.41, 5.74) is 2.04. The number of rotatable bonds is 3. The lowest BCUT2D eigenvalue weighted by molar-refractivity contribution is 0.750. The van der Waals surface area contributed by atoms with Crippen LogP contribution in [0.5, 0.6) is 0 Å². The van der Waals surface area contributed by atoms with Gasteiger partial charge in [-0.2, -0.15) is 0 Å². The van der Waals surface area contributed by atoms with Crippen LogP contribution in [-0.2, 0) is 0 Å². The second kappa shape index (κ2) is 3.63. The highest BCUT2D eigenvalue weighted by molar-refractivity contribution is 5.52. The van der Waals surface area contributed by atoms with Crippen molar-refractivity contribution in [3.05, 3.63) is 36.4 Å². The molecule has 1 aliphatic carbocycles. The lowest BCUT2D eigenvalue weighted by atomic mass is 10.4. The van der Waals surface area contributed by atoms with Gasteiger partial charge in [-0.25, -0.2) is 4.98 Å². The molecule has 1 fully saturated rings. The van der Waals surface area contributed by atoms with Crippen LogP contribution in [0, 0.1) is 6.92 Å². The number of nitrogens with one attached hydrogen (secondary N) is 1. The average molecular weight is 214 g/mol. The molecule has 0 saturated heterocycles. The molecule has 0 spiro atoms. The minimum atomic E-state index is 0.639. The fourth-order valence-corrected chi connectivity index (χ4v) is 1.81. The SMILES string of the molecule is Cc1cn(C2CC2)c(Nc2cccnc2)n1. The Morgan fingerprint density at radius 1 is 1.44 bits per heavy atom. The van der Waals surface area contributed by atoms with Crippen molar-refractivity contribution in [2.45, 2.75) is 25.8 Å². The molecule has 4 heteroatoms. The van der Waals surface area contributed by atoms with Crippen LogP contribution < -0.4 is 5.32 Å². The van der Waals surface area contributed by atoms with Gasteiger partial charge in [-0.15, -0.1) is 0 Å². The Morgan fingerprint density at radius 2 is 2.31 bits per heavy atom. The van der Waals surface area contributed by atoms with Crippen molar-refractivity contribution >= 4 is 11.6 Å². The molecule has 82 valence electrons. The average Bonchev–Trinajstić information content (AvgIpc) is 3.06. The molecule has 1 aliphatic rings. The number of hydrogen-bond donors (Lipinski definition) is 1. The minimum absolute atomic E-state index is 0.639. The summed E-state index contributed by atoms with van der Waals surface area (Å²) in [7, 11) is 0. The van der Waals surface area contributed by atoms with Gasteiger partial charge in [0.2, 0.25) is 5.95 Å². The van der Waals surface area contributed by atoms with Gasteiger partial charge in [-0.05, 0) is 31.9 Å². The normalized spacial score (nSPS) is 15.1. The van der Waals surface area contributed by atoms with Gasteiger partial charge >= 0.3 is 0 Å². The molecule has 0 unspecified atom stereocenters. The van der Waals surface area contributed by atoms with Gasteiger partial charge in [0.1, 0.15) is 0 Å². The van der Waals surface area contributed by atoms with Crippen LogP contribution in [0.1, 0.15) is 24.6 Å². The third kappa shape index (κ3) is 1.78. The molecule has 0 amide bonds. The first kappa shape index (κ1) is 9.39. The summed E-state index contributed by atoms with van der Waals surface area (Å²) >= 11 is 0. The number of nitrogens with zero attached hydrogens (tertiary/aromatic N) is 3. The number of imidazole rings is 1. The predicted octanol–water partition coefficient (Wildman–Crippen LogP) is 2.67. The summed E-state index contributed by atoms with van der Waals surface area (Å²) in [4.78, 5) is 8.57. The van der Waals surface area contributed by atoms with E-state index in [0.717, 1.165) is 17.3 Å². The van der Waals surface area contributed by atoms with E-state index in [9.17, 15) is 0 Å². The number of pyridine rings is 1. The van der Waals surface area contributed by atoms with Gasteiger partial charge in [0.15, 0.2) is 0 Å². The minimum Gasteiger partial charge on any atom is -0.324 e. The summed E-state index contributed by atoms with van der Waals surface area (Å²) in [5, 5.41) is 3.30. The standard InChI is InChI=1S/C12H14N4/c1-9-8-16(11-4-5-11)12(14-9)15-10-3-2-6-13-7-10/h2-3,6-8,11H,4-5H2,1H3,(H,14,15). The molecule has 16 heavy (non-hydrogen) atoms. The Balaban J connectivity index is 1.89. The molecule has 4 nitrogen and oxygen atoms in total. The molecule has 3 rings (SSSR count). The largest absolute Gasteiger partial charge is 0.324 e. The molecule has 0 atom stereocenters. The first-order valence-corrected chi connectivity index (χ1v) is 5.55. The molecule has 2 aromatic heterocycles. The first-order valence-electron chi connectivity index (χ1n) is 5.55. The van der Waals surface area contributed by atoms with Crippen LogP contribution in [0.3, 0.4) is 0 Å². The van der Waals surface area contributed by atoms with E-state index in [0.29, 0.717) is 6.04 Å². The van der Waals surface area contributed by atoms with E-state index in [1.54, 1.807) is 12.4 Å². The molecular weight excluding hydrogens is 200 g/mol. The van der Waals surface area contributed by atoms with Crippen LogP contribution in [0.2, 0.25) is 0 Å². The summed E-state index contributed by atoms with van der Waals surface area (Å²) in [6.07, 6.45) is 8.20. The molecule has 0 radical (unpaired) electrons. The topological polar surface area (TPSA) is 42.7 Å². The third-order valence-corrected chi connectivity index (χ3v) is 2.71. The number of hydrogen-bond acceptors (Lipinski definition) is 3. The maximum Gasteiger partial charge on any atom is 0.207 e. The van der Waals surface area contributed by atoms with Gasteiger partial charge in [-0.3, -0.25) is 4.98 Å². The third-order valence-electron chi connectivity index (χ3n) is 2.71. The zero-order chi connectivity index (χ0) is 11.0. The highest BCUT2D eigenvalue weighted by Gasteiger charge is 2.26. The highest BCUT2D eigenvalue weighted by atomic mass is 15.2. The van der Waals surface area contributed by atoms with Crippen molar-refractivity contribution in [1.29, 1.82) is 0 Å². The maximum absolute atomic E-state index is 4.49. The van der Waals surface area contributed by atoms with Crippen LogP contribution >= 0.6 is 0 Å². The zero-order valence-corrected chi connectivity index (χ0v) is 9.22. The quantitative estimate of drug-likeness (QED) is 0.854. The van der Waals surface area contributed by atoms with Crippen molar-refractivity contribution in [1.82, 2.24) is 14.5 Å². The molecule has 0 aliphatic heterocycles. The predicted molar refractivity (Wildman–Crippen MR) is 62.8 cm³/mol. The number of anilines is 2. The molecule has 1 N–H and O–H groups in total. The fourth-order valence-electron chi connectivity index (χ4n) is 1.81. The lowest BCUT2D eigenvalue weighted by Crippen LogP contribution is -2.01. The lowest BCUT2D eigenvalue weighted by Gasteiger charge is -2.07. The van der Waals surface area contributed by atoms with Gasteiger partial charge in [-0.1, -0.05) is 0 Å². The summed E-state index contributed by atoms with van der Waals surface area (Å²) in [5.74, 6) is 0.924. The molecule has 1 saturated carbocycles. The number of aryl methyl sites for hydroxylation is 1. The van der Waals surface area contributed by atoms with E-state index < -0.39 is 0 Å². The van der Waals surface area contributed by atoms with Crippen molar-refractivity contribution < 1.29 is 0 Å². The van der Waals surface area contributed by atoms with Gasteiger partial charge in [0.25, 0.3) is 0 Å².